The summed E-state index contributed by atoms with van der Waals surface area (Å²) in [6.07, 6.45) is 2.98. The molecule has 0 aliphatic carbocycles. The average molecular weight is 313 g/mol. The number of carbonyl (C=O) groups is 2. The number of carbonyl (C=O) groups excluding carboxylic acids is 2. The van der Waals surface area contributed by atoms with E-state index in [1.165, 1.54) is 30.4 Å². The third kappa shape index (κ3) is 2.27. The number of aromatic nitrogens is 1. The summed E-state index contributed by atoms with van der Waals surface area (Å²) in [7, 11) is 1.54. The highest BCUT2D eigenvalue weighted by atomic mass is 19.1. The number of fused-ring (bicyclic) bond motifs is 1. The van der Waals surface area contributed by atoms with Crippen LogP contribution < -0.4 is 10.2 Å². The molecular formula is C17H16FN3O2. The zero-order valence-corrected chi connectivity index (χ0v) is 13.1. The van der Waals surface area contributed by atoms with E-state index in [0.717, 1.165) is 0 Å². The quantitative estimate of drug-likeness (QED) is 0.927. The van der Waals surface area contributed by atoms with E-state index in [-0.39, 0.29) is 17.3 Å². The summed E-state index contributed by atoms with van der Waals surface area (Å²) in [5, 5.41) is 2.54. The molecule has 1 N–H and O–H groups in total. The molecule has 0 radical (unpaired) electrons. The van der Waals surface area contributed by atoms with Crippen molar-refractivity contribution < 1.29 is 14.0 Å². The fourth-order valence-corrected chi connectivity index (χ4v) is 2.83. The Bertz CT molecular complexity index is 803. The fourth-order valence-electron chi connectivity index (χ4n) is 2.83. The summed E-state index contributed by atoms with van der Waals surface area (Å²) in [5.74, 6) is -1.21. The van der Waals surface area contributed by atoms with E-state index in [1.807, 2.05) is 0 Å². The van der Waals surface area contributed by atoms with Crippen LogP contribution in [-0.4, -0.2) is 23.8 Å². The monoisotopic (exact) mass is 313 g/mol. The van der Waals surface area contributed by atoms with Gasteiger partial charge in [0.25, 0.3) is 5.91 Å². The van der Waals surface area contributed by atoms with Crippen molar-refractivity contribution in [2.75, 3.05) is 17.3 Å². The van der Waals surface area contributed by atoms with Gasteiger partial charge < -0.3 is 10.2 Å². The van der Waals surface area contributed by atoms with Gasteiger partial charge in [-0.15, -0.1) is 0 Å². The van der Waals surface area contributed by atoms with Gasteiger partial charge >= 0.3 is 0 Å². The summed E-state index contributed by atoms with van der Waals surface area (Å²) < 4.78 is 14.8. The summed E-state index contributed by atoms with van der Waals surface area (Å²) in [5.41, 5.74) is 0.475. The van der Waals surface area contributed by atoms with Crippen molar-refractivity contribution in [3.05, 3.63) is 53.6 Å². The number of hydrogen-bond acceptors (Lipinski definition) is 3. The van der Waals surface area contributed by atoms with Crippen LogP contribution in [0, 0.1) is 5.82 Å². The summed E-state index contributed by atoms with van der Waals surface area (Å²) in [4.78, 5) is 29.5. The minimum absolute atomic E-state index is 0.0444. The number of rotatable bonds is 2. The first-order chi connectivity index (χ1) is 10.8. The topological polar surface area (TPSA) is 62.3 Å². The summed E-state index contributed by atoms with van der Waals surface area (Å²) >= 11 is 0. The first-order valence-corrected chi connectivity index (χ1v) is 7.16. The molecule has 1 aliphatic heterocycles. The van der Waals surface area contributed by atoms with Crippen LogP contribution >= 0.6 is 0 Å². The van der Waals surface area contributed by atoms with Crippen molar-refractivity contribution in [3.63, 3.8) is 0 Å². The van der Waals surface area contributed by atoms with Gasteiger partial charge in [0, 0.05) is 25.0 Å². The fraction of sp³-hybridized carbons (Fsp3) is 0.235. The van der Waals surface area contributed by atoms with Gasteiger partial charge in [-0.1, -0.05) is 6.07 Å². The zero-order valence-electron chi connectivity index (χ0n) is 13.1. The highest BCUT2D eigenvalue weighted by Crippen LogP contribution is 2.44. The van der Waals surface area contributed by atoms with Gasteiger partial charge in [-0.05, 0) is 37.6 Å². The standard InChI is InChI=1S/C17H16FN3O2/c1-17(2)11-4-5-12(13(18)14(11)21(3)16(17)23)20-15(22)10-6-8-19-9-7-10/h4-9H,1-3H3,(H,20,22). The molecule has 0 atom stereocenters. The minimum atomic E-state index is -0.779. The van der Waals surface area contributed by atoms with Gasteiger partial charge in [0.15, 0.2) is 5.82 Å². The number of benzene rings is 1. The highest BCUT2D eigenvalue weighted by molar-refractivity contribution is 6.09. The van der Waals surface area contributed by atoms with Gasteiger partial charge in [-0.25, -0.2) is 4.39 Å². The second-order valence-electron chi connectivity index (χ2n) is 6.00. The molecule has 0 spiro atoms. The maximum absolute atomic E-state index is 14.8. The Morgan fingerprint density at radius 1 is 1.22 bits per heavy atom. The Morgan fingerprint density at radius 2 is 1.87 bits per heavy atom. The molecule has 1 aromatic heterocycles. The maximum Gasteiger partial charge on any atom is 0.255 e. The van der Waals surface area contributed by atoms with Crippen LogP contribution in [0.25, 0.3) is 0 Å². The Kier molecular flexibility index (Phi) is 3.39. The number of halogens is 1. The van der Waals surface area contributed by atoms with E-state index in [1.54, 1.807) is 32.0 Å². The zero-order chi connectivity index (χ0) is 16.8. The van der Waals surface area contributed by atoms with E-state index in [9.17, 15) is 14.0 Å². The predicted molar refractivity (Wildman–Crippen MR) is 85.0 cm³/mol. The number of nitrogens with one attached hydrogen (secondary N) is 1. The lowest BCUT2D eigenvalue weighted by Crippen LogP contribution is -2.33. The number of pyridine rings is 1. The Balaban J connectivity index is 1.99. The first-order valence-electron chi connectivity index (χ1n) is 7.16. The molecule has 0 fully saturated rings. The van der Waals surface area contributed by atoms with Crippen LogP contribution in [0.2, 0.25) is 0 Å². The third-order valence-electron chi connectivity index (χ3n) is 4.15. The number of likely N-dealkylation sites (N-methyl/N-ethyl adjacent to an activating group) is 1. The maximum atomic E-state index is 14.8. The van der Waals surface area contributed by atoms with Crippen LogP contribution in [0.4, 0.5) is 15.8 Å². The molecule has 6 heteroatoms. The van der Waals surface area contributed by atoms with Crippen molar-refractivity contribution in [2.45, 2.75) is 19.3 Å². The van der Waals surface area contributed by atoms with Crippen LogP contribution in [0.1, 0.15) is 29.8 Å². The SMILES string of the molecule is CN1C(=O)C(C)(C)c2ccc(NC(=O)c3ccncc3)c(F)c21. The van der Waals surface area contributed by atoms with Crippen molar-refractivity contribution in [2.24, 2.45) is 0 Å². The van der Waals surface area contributed by atoms with Crippen LogP contribution in [0.3, 0.4) is 0 Å². The summed E-state index contributed by atoms with van der Waals surface area (Å²) in [6.45, 7) is 3.51. The molecule has 1 aliphatic rings. The molecule has 0 bridgehead atoms. The first kappa shape index (κ1) is 15.1. The molecule has 118 valence electrons. The van der Waals surface area contributed by atoms with Crippen LogP contribution in [-0.2, 0) is 10.2 Å². The minimum Gasteiger partial charge on any atom is -0.319 e. The molecule has 5 nitrogen and oxygen atoms in total. The predicted octanol–water partition coefficient (Wildman–Crippen LogP) is 2.73. The van der Waals surface area contributed by atoms with Crippen molar-refractivity contribution >= 4 is 23.2 Å². The van der Waals surface area contributed by atoms with Crippen LogP contribution in [0.15, 0.2) is 36.7 Å². The number of amides is 2. The van der Waals surface area contributed by atoms with Gasteiger partial charge in [0.05, 0.1) is 16.8 Å². The Hall–Kier alpha value is -2.76. The smallest absolute Gasteiger partial charge is 0.255 e. The molecule has 2 aromatic rings. The molecule has 3 rings (SSSR count). The van der Waals surface area contributed by atoms with E-state index in [2.05, 4.69) is 10.3 Å². The van der Waals surface area contributed by atoms with Gasteiger partial charge in [-0.3, -0.25) is 14.6 Å². The van der Waals surface area contributed by atoms with Gasteiger partial charge in [0.1, 0.15) is 0 Å². The highest BCUT2D eigenvalue weighted by Gasteiger charge is 2.44. The lowest BCUT2D eigenvalue weighted by atomic mass is 9.86. The third-order valence-corrected chi connectivity index (χ3v) is 4.15. The van der Waals surface area contributed by atoms with Crippen LogP contribution in [0.5, 0.6) is 0 Å². The van der Waals surface area contributed by atoms with Crippen molar-refractivity contribution in [3.8, 4) is 0 Å². The van der Waals surface area contributed by atoms with E-state index >= 15 is 0 Å². The van der Waals surface area contributed by atoms with E-state index in [0.29, 0.717) is 11.1 Å². The largest absolute Gasteiger partial charge is 0.319 e. The number of nitrogens with zero attached hydrogens (tertiary/aromatic N) is 2. The molecule has 0 saturated heterocycles. The molecule has 2 heterocycles. The molecule has 2 amide bonds. The van der Waals surface area contributed by atoms with Gasteiger partial charge in [0.2, 0.25) is 5.91 Å². The molecular weight excluding hydrogens is 297 g/mol. The second kappa shape index (κ2) is 5.15. The Morgan fingerprint density at radius 3 is 2.52 bits per heavy atom. The number of anilines is 2. The lowest BCUT2D eigenvalue weighted by Gasteiger charge is -2.16. The average Bonchev–Trinajstić information content (AvgIpc) is 2.72. The van der Waals surface area contributed by atoms with E-state index < -0.39 is 17.1 Å². The number of hydrogen-bond donors (Lipinski definition) is 1. The molecule has 0 saturated carbocycles. The van der Waals surface area contributed by atoms with Gasteiger partial charge in [-0.2, -0.15) is 0 Å². The molecule has 23 heavy (non-hydrogen) atoms. The summed E-state index contributed by atoms with van der Waals surface area (Å²) in [6, 6.07) is 6.25. The molecule has 1 aromatic carbocycles. The second-order valence-corrected chi connectivity index (χ2v) is 6.00. The Labute approximate surface area is 133 Å². The normalized spacial score (nSPS) is 15.5. The lowest BCUT2D eigenvalue weighted by molar-refractivity contribution is -0.121. The molecule has 0 unspecified atom stereocenters. The van der Waals surface area contributed by atoms with Crippen molar-refractivity contribution in [1.29, 1.82) is 0 Å². The van der Waals surface area contributed by atoms with E-state index in [4.69, 9.17) is 0 Å². The van der Waals surface area contributed by atoms with Crippen molar-refractivity contribution in [1.82, 2.24) is 4.98 Å².